The largest absolute Gasteiger partial charge is 0.469 e. The fraction of sp³-hybridized carbons (Fsp3) is 0.600. The SMILES string of the molecule is Cc1nc2c(c(NCCc3ccco3)n1)CCN([C@H]1CCCNC1)CC2. The molecule has 0 aromatic carbocycles. The first-order chi connectivity index (χ1) is 12.8. The van der Waals surface area contributed by atoms with E-state index in [1.807, 2.05) is 19.1 Å². The van der Waals surface area contributed by atoms with E-state index < -0.39 is 0 Å². The normalized spacial score (nSPS) is 21.2. The molecule has 2 aromatic heterocycles. The van der Waals surface area contributed by atoms with Crippen molar-refractivity contribution in [2.75, 3.05) is 38.0 Å². The number of rotatable bonds is 5. The molecular weight excluding hydrogens is 326 g/mol. The summed E-state index contributed by atoms with van der Waals surface area (Å²) < 4.78 is 5.42. The Hall–Kier alpha value is -1.92. The van der Waals surface area contributed by atoms with Gasteiger partial charge in [-0.05, 0) is 44.9 Å². The monoisotopic (exact) mass is 355 g/mol. The van der Waals surface area contributed by atoms with Gasteiger partial charge in [-0.15, -0.1) is 0 Å². The number of fused-ring (bicyclic) bond motifs is 1. The van der Waals surface area contributed by atoms with E-state index in [1.54, 1.807) is 6.26 Å². The van der Waals surface area contributed by atoms with Crippen molar-refractivity contribution in [1.82, 2.24) is 20.2 Å². The van der Waals surface area contributed by atoms with Crippen LogP contribution in [-0.4, -0.2) is 53.6 Å². The molecule has 6 heteroatoms. The van der Waals surface area contributed by atoms with Gasteiger partial charge in [-0.2, -0.15) is 0 Å². The number of aryl methyl sites for hydroxylation is 1. The summed E-state index contributed by atoms with van der Waals surface area (Å²) in [4.78, 5) is 12.1. The van der Waals surface area contributed by atoms with Crippen LogP contribution in [0, 0.1) is 6.92 Å². The second kappa shape index (κ2) is 8.18. The molecular formula is C20H29N5O. The predicted molar refractivity (Wildman–Crippen MR) is 103 cm³/mol. The third-order valence-electron chi connectivity index (χ3n) is 5.52. The van der Waals surface area contributed by atoms with Gasteiger partial charge in [0.1, 0.15) is 17.4 Å². The van der Waals surface area contributed by atoms with Crippen LogP contribution in [0.3, 0.4) is 0 Å². The summed E-state index contributed by atoms with van der Waals surface area (Å²) >= 11 is 0. The Kier molecular flexibility index (Phi) is 5.51. The molecule has 4 rings (SSSR count). The number of furan rings is 1. The number of hydrogen-bond donors (Lipinski definition) is 2. The zero-order chi connectivity index (χ0) is 17.8. The van der Waals surface area contributed by atoms with Gasteiger partial charge >= 0.3 is 0 Å². The Bertz CT molecular complexity index is 709. The third kappa shape index (κ3) is 4.07. The quantitative estimate of drug-likeness (QED) is 0.857. The molecule has 1 saturated heterocycles. The number of nitrogens with zero attached hydrogens (tertiary/aromatic N) is 3. The average Bonchev–Trinajstić information content (AvgIpc) is 3.08. The summed E-state index contributed by atoms with van der Waals surface area (Å²) in [6.07, 6.45) is 7.22. The molecule has 6 nitrogen and oxygen atoms in total. The summed E-state index contributed by atoms with van der Waals surface area (Å²) in [5, 5.41) is 7.08. The smallest absolute Gasteiger partial charge is 0.133 e. The first-order valence-corrected chi connectivity index (χ1v) is 9.87. The fourth-order valence-corrected chi connectivity index (χ4v) is 4.16. The van der Waals surface area contributed by atoms with Gasteiger partial charge in [-0.3, -0.25) is 4.90 Å². The van der Waals surface area contributed by atoms with Crippen LogP contribution in [0.15, 0.2) is 22.8 Å². The van der Waals surface area contributed by atoms with Crippen LogP contribution < -0.4 is 10.6 Å². The summed E-state index contributed by atoms with van der Waals surface area (Å²) in [7, 11) is 0. The van der Waals surface area contributed by atoms with E-state index >= 15 is 0 Å². The highest BCUT2D eigenvalue weighted by Gasteiger charge is 2.25. The van der Waals surface area contributed by atoms with E-state index in [-0.39, 0.29) is 0 Å². The van der Waals surface area contributed by atoms with Crippen LogP contribution in [0.5, 0.6) is 0 Å². The molecule has 26 heavy (non-hydrogen) atoms. The summed E-state index contributed by atoms with van der Waals surface area (Å²) in [6.45, 7) is 7.30. The Morgan fingerprint density at radius 2 is 2.23 bits per heavy atom. The zero-order valence-electron chi connectivity index (χ0n) is 15.6. The Morgan fingerprint density at radius 1 is 1.31 bits per heavy atom. The zero-order valence-corrected chi connectivity index (χ0v) is 15.6. The summed E-state index contributed by atoms with van der Waals surface area (Å²) in [5.41, 5.74) is 2.53. The van der Waals surface area contributed by atoms with Crippen molar-refractivity contribution >= 4 is 5.82 Å². The Labute approximate surface area is 155 Å². The highest BCUT2D eigenvalue weighted by Crippen LogP contribution is 2.23. The third-order valence-corrected chi connectivity index (χ3v) is 5.52. The van der Waals surface area contributed by atoms with Crippen molar-refractivity contribution in [3.05, 3.63) is 41.2 Å². The molecule has 1 atom stereocenters. The number of nitrogens with one attached hydrogen (secondary N) is 2. The van der Waals surface area contributed by atoms with Crippen LogP contribution in [0.4, 0.5) is 5.82 Å². The van der Waals surface area contributed by atoms with E-state index in [0.717, 1.165) is 62.8 Å². The van der Waals surface area contributed by atoms with Crippen LogP contribution in [0.1, 0.15) is 35.7 Å². The lowest BCUT2D eigenvalue weighted by molar-refractivity contribution is 0.173. The second-order valence-electron chi connectivity index (χ2n) is 7.34. The van der Waals surface area contributed by atoms with Crippen molar-refractivity contribution in [3.63, 3.8) is 0 Å². The molecule has 2 aliphatic rings. The van der Waals surface area contributed by atoms with Gasteiger partial charge in [0.2, 0.25) is 0 Å². The molecule has 2 aromatic rings. The molecule has 0 bridgehead atoms. The Morgan fingerprint density at radius 3 is 3.04 bits per heavy atom. The molecule has 2 aliphatic heterocycles. The minimum atomic E-state index is 0.669. The standard InChI is InChI=1S/C20H29N5O/c1-15-23-19-8-12-25(16-4-2-9-21-14-16)11-7-18(19)20(24-15)22-10-6-17-5-3-13-26-17/h3,5,13,16,21H,2,4,6-12,14H2,1H3,(H,22,23,24)/t16-/m0/s1. The molecule has 140 valence electrons. The van der Waals surface area contributed by atoms with Crippen molar-refractivity contribution < 1.29 is 4.42 Å². The van der Waals surface area contributed by atoms with Crippen molar-refractivity contribution in [1.29, 1.82) is 0 Å². The van der Waals surface area contributed by atoms with Crippen molar-refractivity contribution in [2.45, 2.75) is 45.1 Å². The van der Waals surface area contributed by atoms with E-state index in [9.17, 15) is 0 Å². The number of piperidine rings is 1. The van der Waals surface area contributed by atoms with Gasteiger partial charge in [-0.25, -0.2) is 9.97 Å². The first kappa shape index (κ1) is 17.5. The lowest BCUT2D eigenvalue weighted by Gasteiger charge is -2.33. The van der Waals surface area contributed by atoms with E-state index in [2.05, 4.69) is 15.5 Å². The molecule has 0 radical (unpaired) electrons. The lowest BCUT2D eigenvalue weighted by Crippen LogP contribution is -2.46. The minimum Gasteiger partial charge on any atom is -0.469 e. The lowest BCUT2D eigenvalue weighted by atomic mass is 10.1. The summed E-state index contributed by atoms with van der Waals surface area (Å²) in [5.74, 6) is 2.88. The molecule has 4 heterocycles. The van der Waals surface area contributed by atoms with Crippen LogP contribution in [-0.2, 0) is 19.3 Å². The molecule has 0 saturated carbocycles. The fourth-order valence-electron chi connectivity index (χ4n) is 4.16. The van der Waals surface area contributed by atoms with Crippen LogP contribution in [0.2, 0.25) is 0 Å². The molecule has 0 unspecified atom stereocenters. The molecule has 2 N–H and O–H groups in total. The van der Waals surface area contributed by atoms with Gasteiger partial charge in [-0.1, -0.05) is 0 Å². The number of aromatic nitrogens is 2. The maximum Gasteiger partial charge on any atom is 0.133 e. The topological polar surface area (TPSA) is 66.2 Å². The highest BCUT2D eigenvalue weighted by molar-refractivity contribution is 5.47. The summed E-state index contributed by atoms with van der Waals surface area (Å²) in [6, 6.07) is 4.62. The average molecular weight is 355 g/mol. The molecule has 0 aliphatic carbocycles. The van der Waals surface area contributed by atoms with Crippen LogP contribution in [0.25, 0.3) is 0 Å². The maximum absolute atomic E-state index is 5.42. The first-order valence-electron chi connectivity index (χ1n) is 9.87. The molecule has 1 fully saturated rings. The number of anilines is 1. The maximum atomic E-state index is 5.42. The van der Waals surface area contributed by atoms with Crippen LogP contribution >= 0.6 is 0 Å². The van der Waals surface area contributed by atoms with E-state index in [4.69, 9.17) is 14.4 Å². The predicted octanol–water partition coefficient (Wildman–Crippen LogP) is 2.19. The van der Waals surface area contributed by atoms with Crippen molar-refractivity contribution in [3.8, 4) is 0 Å². The van der Waals surface area contributed by atoms with Gasteiger partial charge in [0.25, 0.3) is 0 Å². The van der Waals surface area contributed by atoms with E-state index in [1.165, 1.54) is 30.6 Å². The van der Waals surface area contributed by atoms with Gasteiger partial charge in [0, 0.05) is 50.6 Å². The van der Waals surface area contributed by atoms with Crippen molar-refractivity contribution in [2.24, 2.45) is 0 Å². The number of hydrogen-bond acceptors (Lipinski definition) is 6. The molecule has 0 amide bonds. The molecule has 0 spiro atoms. The van der Waals surface area contributed by atoms with Gasteiger partial charge < -0.3 is 15.1 Å². The van der Waals surface area contributed by atoms with E-state index in [0.29, 0.717) is 6.04 Å². The van der Waals surface area contributed by atoms with Gasteiger partial charge in [0.05, 0.1) is 12.0 Å². The second-order valence-corrected chi connectivity index (χ2v) is 7.34. The minimum absolute atomic E-state index is 0.669. The van der Waals surface area contributed by atoms with Gasteiger partial charge in [0.15, 0.2) is 0 Å². The Balaban J connectivity index is 1.44. The highest BCUT2D eigenvalue weighted by atomic mass is 16.3.